The number of piperazine rings is 1. The number of carbonyl (C=O) groups excluding carboxylic acids is 4. The molecule has 0 saturated carbocycles. The number of amides is 3. The Kier molecular flexibility index (Phi) is 13.5. The zero-order valence-corrected chi connectivity index (χ0v) is 28.5. The molecule has 1 aromatic carbocycles. The third kappa shape index (κ3) is 11.4. The Morgan fingerprint density at radius 3 is 2.31 bits per heavy atom. The van der Waals surface area contributed by atoms with Crippen LogP contribution in [-0.4, -0.2) is 132 Å². The number of rotatable bonds is 13. The van der Waals surface area contributed by atoms with E-state index in [0.29, 0.717) is 31.3 Å². The summed E-state index contributed by atoms with van der Waals surface area (Å²) < 4.78 is 16.0. The molecule has 4 rings (SSSR count). The summed E-state index contributed by atoms with van der Waals surface area (Å²) in [5, 5.41) is 6.17. The second-order valence-electron chi connectivity index (χ2n) is 12.7. The molecule has 3 amide bonds. The maximum absolute atomic E-state index is 13.8. The summed E-state index contributed by atoms with van der Waals surface area (Å²) >= 11 is 0. The van der Waals surface area contributed by atoms with E-state index in [2.05, 4.69) is 25.5 Å². The molecule has 48 heavy (non-hydrogen) atoms. The SMILES string of the molecule is CCOC(=O)N1CCN(C(=O)[C@H](CCC(=O)OC(C)(C)C)NC(=O)c2cc(NCCCN3CCOCC3)nc(-c3ccccc3)n2)CC1. The van der Waals surface area contributed by atoms with Crippen LogP contribution in [0.15, 0.2) is 36.4 Å². The molecule has 2 saturated heterocycles. The van der Waals surface area contributed by atoms with Crippen molar-refractivity contribution in [3.63, 3.8) is 0 Å². The van der Waals surface area contributed by atoms with Gasteiger partial charge in [0, 0.05) is 63.9 Å². The Labute approximate surface area is 282 Å². The number of hydrogen-bond acceptors (Lipinski definition) is 11. The highest BCUT2D eigenvalue weighted by Gasteiger charge is 2.32. The average molecular weight is 668 g/mol. The van der Waals surface area contributed by atoms with Crippen molar-refractivity contribution in [1.82, 2.24) is 30.0 Å². The summed E-state index contributed by atoms with van der Waals surface area (Å²) in [6, 6.07) is 9.90. The molecule has 2 aliphatic heterocycles. The van der Waals surface area contributed by atoms with Crippen molar-refractivity contribution in [3.8, 4) is 11.4 Å². The molecule has 2 aliphatic rings. The van der Waals surface area contributed by atoms with Gasteiger partial charge in [-0.25, -0.2) is 14.8 Å². The van der Waals surface area contributed by atoms with Crippen LogP contribution in [0.2, 0.25) is 0 Å². The van der Waals surface area contributed by atoms with E-state index in [4.69, 9.17) is 14.2 Å². The quantitative estimate of drug-likeness (QED) is 0.239. The van der Waals surface area contributed by atoms with Gasteiger partial charge in [-0.1, -0.05) is 30.3 Å². The van der Waals surface area contributed by atoms with Gasteiger partial charge in [-0.05, 0) is 47.1 Å². The fourth-order valence-electron chi connectivity index (χ4n) is 5.40. The molecule has 0 aliphatic carbocycles. The molecular formula is C34H49N7O7. The molecule has 0 radical (unpaired) electrons. The van der Waals surface area contributed by atoms with Crippen molar-refractivity contribution in [2.24, 2.45) is 0 Å². The first-order valence-corrected chi connectivity index (χ1v) is 16.7. The number of morpholine rings is 1. The lowest BCUT2D eigenvalue weighted by molar-refractivity contribution is -0.155. The molecule has 14 heteroatoms. The van der Waals surface area contributed by atoms with E-state index in [9.17, 15) is 19.2 Å². The Hall–Kier alpha value is -4.30. The van der Waals surface area contributed by atoms with Gasteiger partial charge in [0.1, 0.15) is 23.2 Å². The Bertz CT molecular complexity index is 1370. The van der Waals surface area contributed by atoms with Gasteiger partial charge in [-0.2, -0.15) is 0 Å². The van der Waals surface area contributed by atoms with Crippen LogP contribution in [0.5, 0.6) is 0 Å². The van der Waals surface area contributed by atoms with Crippen molar-refractivity contribution in [2.75, 3.05) is 77.5 Å². The Morgan fingerprint density at radius 1 is 0.958 bits per heavy atom. The van der Waals surface area contributed by atoms with Crippen LogP contribution < -0.4 is 10.6 Å². The average Bonchev–Trinajstić information content (AvgIpc) is 3.08. The summed E-state index contributed by atoms with van der Waals surface area (Å²) in [6.45, 7) is 13.3. The van der Waals surface area contributed by atoms with Crippen molar-refractivity contribution in [2.45, 2.75) is 58.6 Å². The van der Waals surface area contributed by atoms with Gasteiger partial charge in [0.15, 0.2) is 5.82 Å². The van der Waals surface area contributed by atoms with Gasteiger partial charge in [-0.3, -0.25) is 19.3 Å². The van der Waals surface area contributed by atoms with Crippen LogP contribution in [0.1, 0.15) is 57.4 Å². The number of nitrogens with one attached hydrogen (secondary N) is 2. The van der Waals surface area contributed by atoms with E-state index in [1.807, 2.05) is 30.3 Å². The Morgan fingerprint density at radius 2 is 1.65 bits per heavy atom. The van der Waals surface area contributed by atoms with Gasteiger partial charge in [-0.15, -0.1) is 0 Å². The standard InChI is InChI=1S/C34H49N7O7/c1-5-47-33(45)41-18-16-40(17-19-41)32(44)26(12-13-29(42)48-34(2,3)4)37-31(43)27-24-28(35-14-9-15-39-20-22-46-23-21-39)38-30(36-27)25-10-7-6-8-11-25/h6-8,10-11,24,26H,5,9,12-23H2,1-4H3,(H,37,43)(H,35,36,38)/t26-/m0/s1. The topological polar surface area (TPSA) is 156 Å². The fraction of sp³-hybridized carbons (Fsp3) is 0.588. The number of anilines is 1. The largest absolute Gasteiger partial charge is 0.460 e. The minimum Gasteiger partial charge on any atom is -0.460 e. The molecule has 1 atom stereocenters. The molecule has 2 fully saturated rings. The smallest absolute Gasteiger partial charge is 0.409 e. The van der Waals surface area contributed by atoms with Crippen molar-refractivity contribution < 1.29 is 33.4 Å². The lowest BCUT2D eigenvalue weighted by Gasteiger charge is -2.36. The molecule has 0 unspecified atom stereocenters. The summed E-state index contributed by atoms with van der Waals surface area (Å²) in [5.41, 5.74) is 0.131. The zero-order valence-electron chi connectivity index (χ0n) is 28.5. The van der Waals surface area contributed by atoms with Crippen LogP contribution in [0.3, 0.4) is 0 Å². The first kappa shape index (κ1) is 36.5. The molecule has 14 nitrogen and oxygen atoms in total. The fourth-order valence-corrected chi connectivity index (χ4v) is 5.40. The minimum atomic E-state index is -1.03. The van der Waals surface area contributed by atoms with Crippen LogP contribution >= 0.6 is 0 Å². The van der Waals surface area contributed by atoms with Gasteiger partial charge < -0.3 is 34.6 Å². The van der Waals surface area contributed by atoms with Crippen molar-refractivity contribution >= 4 is 29.7 Å². The van der Waals surface area contributed by atoms with Crippen molar-refractivity contribution in [3.05, 3.63) is 42.1 Å². The second kappa shape index (κ2) is 17.7. The van der Waals surface area contributed by atoms with Crippen LogP contribution in [0.25, 0.3) is 11.4 Å². The van der Waals surface area contributed by atoms with Crippen LogP contribution in [-0.2, 0) is 23.8 Å². The maximum Gasteiger partial charge on any atom is 0.409 e. The summed E-state index contributed by atoms with van der Waals surface area (Å²) in [5.74, 6) is -0.542. The maximum atomic E-state index is 13.8. The van der Waals surface area contributed by atoms with Crippen molar-refractivity contribution in [1.29, 1.82) is 0 Å². The monoisotopic (exact) mass is 667 g/mol. The molecule has 0 spiro atoms. The predicted molar refractivity (Wildman–Crippen MR) is 179 cm³/mol. The molecule has 0 bridgehead atoms. The lowest BCUT2D eigenvalue weighted by atomic mass is 10.1. The molecule has 1 aromatic heterocycles. The van der Waals surface area contributed by atoms with Crippen LogP contribution in [0.4, 0.5) is 10.6 Å². The zero-order chi connectivity index (χ0) is 34.5. The number of ether oxygens (including phenoxy) is 3. The van der Waals surface area contributed by atoms with E-state index < -0.39 is 29.6 Å². The van der Waals surface area contributed by atoms with Gasteiger partial charge in [0.05, 0.1) is 19.8 Å². The number of benzene rings is 1. The third-order valence-electron chi connectivity index (χ3n) is 7.83. The Balaban J connectivity index is 1.49. The van der Waals surface area contributed by atoms with E-state index in [0.717, 1.165) is 44.8 Å². The number of nitrogens with zero attached hydrogens (tertiary/aromatic N) is 5. The van der Waals surface area contributed by atoms with E-state index in [1.54, 1.807) is 43.6 Å². The highest BCUT2D eigenvalue weighted by atomic mass is 16.6. The minimum absolute atomic E-state index is 0.0286. The van der Waals surface area contributed by atoms with Gasteiger partial charge in [0.25, 0.3) is 5.91 Å². The lowest BCUT2D eigenvalue weighted by Crippen LogP contribution is -2.56. The van der Waals surface area contributed by atoms with Gasteiger partial charge in [0.2, 0.25) is 5.91 Å². The van der Waals surface area contributed by atoms with E-state index in [1.165, 1.54) is 0 Å². The molecule has 262 valence electrons. The first-order chi connectivity index (χ1) is 23.0. The highest BCUT2D eigenvalue weighted by molar-refractivity contribution is 5.97. The summed E-state index contributed by atoms with van der Waals surface area (Å²) in [6.07, 6.45) is 0.395. The number of aromatic nitrogens is 2. The number of esters is 1. The molecule has 2 N–H and O–H groups in total. The molecule has 2 aromatic rings. The molecule has 3 heterocycles. The van der Waals surface area contributed by atoms with E-state index in [-0.39, 0.29) is 44.1 Å². The predicted octanol–water partition coefficient (Wildman–Crippen LogP) is 2.80. The van der Waals surface area contributed by atoms with Crippen LogP contribution in [0, 0.1) is 0 Å². The summed E-state index contributed by atoms with van der Waals surface area (Å²) in [7, 11) is 0. The number of carbonyl (C=O) groups is 4. The van der Waals surface area contributed by atoms with Gasteiger partial charge >= 0.3 is 12.1 Å². The normalized spacial score (nSPS) is 16.2. The summed E-state index contributed by atoms with van der Waals surface area (Å²) in [4.78, 5) is 67.1. The first-order valence-electron chi connectivity index (χ1n) is 16.7. The third-order valence-corrected chi connectivity index (χ3v) is 7.83. The highest BCUT2D eigenvalue weighted by Crippen LogP contribution is 2.19. The molecular weight excluding hydrogens is 618 g/mol. The number of hydrogen-bond donors (Lipinski definition) is 2. The second-order valence-corrected chi connectivity index (χ2v) is 12.7. The van der Waals surface area contributed by atoms with E-state index >= 15 is 0 Å².